The Balaban J connectivity index is 1.58. The first-order valence-electron chi connectivity index (χ1n) is 8.88. The van der Waals surface area contributed by atoms with Crippen LogP contribution in [0.5, 0.6) is 0 Å². The zero-order chi connectivity index (χ0) is 20.3. The fraction of sp³-hybridized carbons (Fsp3) is 0.300. The van der Waals surface area contributed by atoms with Crippen molar-refractivity contribution in [3.05, 3.63) is 65.2 Å². The first-order valence-corrected chi connectivity index (χ1v) is 10.7. The van der Waals surface area contributed by atoms with E-state index in [1.54, 1.807) is 12.1 Å². The molecule has 0 spiro atoms. The molecule has 3 rings (SSSR count). The Kier molecular flexibility index (Phi) is 5.69. The Morgan fingerprint density at radius 2 is 1.89 bits per heavy atom. The van der Waals surface area contributed by atoms with Crippen LogP contribution in [0.4, 0.5) is 5.69 Å². The van der Waals surface area contributed by atoms with E-state index in [1.165, 1.54) is 10.4 Å². The van der Waals surface area contributed by atoms with E-state index >= 15 is 0 Å². The van der Waals surface area contributed by atoms with Gasteiger partial charge >= 0.3 is 5.97 Å². The van der Waals surface area contributed by atoms with E-state index in [4.69, 9.17) is 4.74 Å². The molecule has 148 valence electrons. The number of carbonyl (C=O) groups excluding carboxylic acids is 2. The number of hydrogen-bond donors (Lipinski definition) is 1. The minimum atomic E-state index is -3.34. The molecule has 7 nitrogen and oxygen atoms in total. The van der Waals surface area contributed by atoms with Crippen LogP contribution < -0.4 is 9.62 Å². The van der Waals surface area contributed by atoms with Gasteiger partial charge in [0.1, 0.15) is 0 Å². The van der Waals surface area contributed by atoms with Crippen LogP contribution in [0.2, 0.25) is 0 Å². The second-order valence-electron chi connectivity index (χ2n) is 6.70. The van der Waals surface area contributed by atoms with Crippen LogP contribution in [0.3, 0.4) is 0 Å². The molecular formula is C20H22N2O5S. The molecule has 0 fully saturated rings. The van der Waals surface area contributed by atoms with Crippen molar-refractivity contribution in [3.8, 4) is 0 Å². The minimum absolute atomic E-state index is 0.200. The summed E-state index contributed by atoms with van der Waals surface area (Å²) >= 11 is 0. The number of anilines is 1. The van der Waals surface area contributed by atoms with Crippen LogP contribution in [0.15, 0.2) is 48.5 Å². The third-order valence-corrected chi connectivity index (χ3v) is 5.76. The number of amides is 1. The van der Waals surface area contributed by atoms with Gasteiger partial charge in [0.2, 0.25) is 10.0 Å². The van der Waals surface area contributed by atoms with Gasteiger partial charge in [-0.3, -0.25) is 9.10 Å². The predicted octanol–water partition coefficient (Wildman–Crippen LogP) is 2.04. The van der Waals surface area contributed by atoms with Gasteiger partial charge in [-0.2, -0.15) is 0 Å². The Morgan fingerprint density at radius 1 is 1.18 bits per heavy atom. The molecule has 1 N–H and O–H groups in total. The third-order valence-electron chi connectivity index (χ3n) is 4.58. The second kappa shape index (κ2) is 8.02. The summed E-state index contributed by atoms with van der Waals surface area (Å²) in [6, 6.07) is 14.0. The second-order valence-corrected chi connectivity index (χ2v) is 8.61. The van der Waals surface area contributed by atoms with E-state index in [1.807, 2.05) is 37.3 Å². The molecule has 1 aliphatic rings. The van der Waals surface area contributed by atoms with Crippen molar-refractivity contribution in [3.63, 3.8) is 0 Å². The Labute approximate surface area is 164 Å². The number of nitrogens with zero attached hydrogens (tertiary/aromatic N) is 1. The number of fused-ring (bicyclic) bond motifs is 1. The molecule has 1 aliphatic heterocycles. The lowest BCUT2D eigenvalue weighted by Gasteiger charge is -2.16. The number of esters is 1. The first-order chi connectivity index (χ1) is 13.3. The van der Waals surface area contributed by atoms with Gasteiger partial charge in [-0.1, -0.05) is 30.3 Å². The first kappa shape index (κ1) is 19.9. The van der Waals surface area contributed by atoms with Crippen LogP contribution >= 0.6 is 0 Å². The number of carbonyl (C=O) groups is 2. The summed E-state index contributed by atoms with van der Waals surface area (Å²) in [4.78, 5) is 24.3. The van der Waals surface area contributed by atoms with Crippen LogP contribution in [-0.4, -0.2) is 39.7 Å². The van der Waals surface area contributed by atoms with Gasteiger partial charge in [0.25, 0.3) is 5.91 Å². The average Bonchev–Trinajstić information content (AvgIpc) is 3.10. The SMILES string of the molecule is CC(NC(=O)COC(=O)c1ccc2c(c1)CCN2S(C)(=O)=O)c1ccccc1. The molecule has 1 unspecified atom stereocenters. The van der Waals surface area contributed by atoms with Crippen molar-refractivity contribution < 1.29 is 22.7 Å². The molecule has 2 aromatic rings. The molecule has 2 aromatic carbocycles. The molecule has 1 amide bonds. The number of sulfonamides is 1. The van der Waals surface area contributed by atoms with Crippen LogP contribution in [0.25, 0.3) is 0 Å². The molecule has 28 heavy (non-hydrogen) atoms. The van der Waals surface area contributed by atoms with Crippen molar-refractivity contribution in [2.45, 2.75) is 19.4 Å². The summed E-state index contributed by atoms with van der Waals surface area (Å²) in [7, 11) is -3.34. The van der Waals surface area contributed by atoms with Crippen molar-refractivity contribution >= 4 is 27.6 Å². The maximum atomic E-state index is 12.2. The molecule has 0 saturated heterocycles. The lowest BCUT2D eigenvalue weighted by atomic mass is 10.1. The van der Waals surface area contributed by atoms with E-state index in [2.05, 4.69) is 5.32 Å². The summed E-state index contributed by atoms with van der Waals surface area (Å²) in [6.07, 6.45) is 1.68. The zero-order valence-electron chi connectivity index (χ0n) is 15.7. The van der Waals surface area contributed by atoms with Gasteiger partial charge in [0.15, 0.2) is 6.61 Å². The zero-order valence-corrected chi connectivity index (χ0v) is 16.5. The standard InChI is InChI=1S/C20H22N2O5S/c1-14(15-6-4-3-5-7-15)21-19(23)13-27-20(24)17-8-9-18-16(12-17)10-11-22(18)28(2,25)26/h3-9,12,14H,10-11,13H2,1-2H3,(H,21,23). The average molecular weight is 402 g/mol. The largest absolute Gasteiger partial charge is 0.452 e. The quantitative estimate of drug-likeness (QED) is 0.747. The van der Waals surface area contributed by atoms with Gasteiger partial charge in [0, 0.05) is 6.54 Å². The monoisotopic (exact) mass is 402 g/mol. The molecule has 0 saturated carbocycles. The summed E-state index contributed by atoms with van der Waals surface area (Å²) in [5, 5.41) is 2.78. The van der Waals surface area contributed by atoms with E-state index in [0.717, 1.165) is 17.4 Å². The highest BCUT2D eigenvalue weighted by Crippen LogP contribution is 2.30. The van der Waals surface area contributed by atoms with Crippen molar-refractivity contribution in [1.29, 1.82) is 0 Å². The van der Waals surface area contributed by atoms with E-state index in [-0.39, 0.29) is 18.2 Å². The molecule has 0 radical (unpaired) electrons. The van der Waals surface area contributed by atoms with Crippen molar-refractivity contribution in [2.24, 2.45) is 0 Å². The lowest BCUT2D eigenvalue weighted by Crippen LogP contribution is -2.31. The highest BCUT2D eigenvalue weighted by Gasteiger charge is 2.27. The van der Waals surface area contributed by atoms with Crippen LogP contribution in [-0.2, 0) is 26.0 Å². The molecule has 8 heteroatoms. The van der Waals surface area contributed by atoms with E-state index in [9.17, 15) is 18.0 Å². The third kappa shape index (κ3) is 4.51. The highest BCUT2D eigenvalue weighted by molar-refractivity contribution is 7.92. The fourth-order valence-electron chi connectivity index (χ4n) is 3.17. The van der Waals surface area contributed by atoms with E-state index < -0.39 is 21.9 Å². The number of ether oxygens (including phenoxy) is 1. The smallest absolute Gasteiger partial charge is 0.338 e. The summed E-state index contributed by atoms with van der Waals surface area (Å²) < 4.78 is 30.0. The van der Waals surface area contributed by atoms with Gasteiger partial charge in [-0.15, -0.1) is 0 Å². The van der Waals surface area contributed by atoms with Crippen molar-refractivity contribution in [1.82, 2.24) is 5.32 Å². The summed E-state index contributed by atoms with van der Waals surface area (Å²) in [5.41, 5.74) is 2.59. The molecule has 1 atom stereocenters. The topological polar surface area (TPSA) is 92.8 Å². The normalized spacial score (nSPS) is 14.3. The summed E-state index contributed by atoms with van der Waals surface area (Å²) in [6.45, 7) is 1.82. The number of hydrogen-bond acceptors (Lipinski definition) is 5. The lowest BCUT2D eigenvalue weighted by molar-refractivity contribution is -0.124. The maximum Gasteiger partial charge on any atom is 0.338 e. The predicted molar refractivity (Wildman–Crippen MR) is 106 cm³/mol. The fourth-order valence-corrected chi connectivity index (χ4v) is 4.12. The number of benzene rings is 2. The Morgan fingerprint density at radius 3 is 2.57 bits per heavy atom. The van der Waals surface area contributed by atoms with Gasteiger partial charge in [0.05, 0.1) is 23.5 Å². The maximum absolute atomic E-state index is 12.2. The Bertz CT molecular complexity index is 989. The molecule has 0 bridgehead atoms. The molecule has 0 aliphatic carbocycles. The molecule has 1 heterocycles. The molecular weight excluding hydrogens is 380 g/mol. The number of rotatable bonds is 6. The van der Waals surface area contributed by atoms with Gasteiger partial charge in [-0.05, 0) is 42.7 Å². The minimum Gasteiger partial charge on any atom is -0.452 e. The highest BCUT2D eigenvalue weighted by atomic mass is 32.2. The van der Waals surface area contributed by atoms with Crippen LogP contribution in [0, 0.1) is 0 Å². The van der Waals surface area contributed by atoms with Crippen LogP contribution in [0.1, 0.15) is 34.5 Å². The Hall–Kier alpha value is -2.87. The van der Waals surface area contributed by atoms with Gasteiger partial charge < -0.3 is 10.1 Å². The van der Waals surface area contributed by atoms with Gasteiger partial charge in [-0.25, -0.2) is 13.2 Å². The van der Waals surface area contributed by atoms with E-state index in [0.29, 0.717) is 18.7 Å². The number of nitrogens with one attached hydrogen (secondary N) is 1. The van der Waals surface area contributed by atoms with Crippen molar-refractivity contribution in [2.75, 3.05) is 23.7 Å². The molecule has 0 aromatic heterocycles. The summed E-state index contributed by atoms with van der Waals surface area (Å²) in [5.74, 6) is -1.02.